The Morgan fingerprint density at radius 2 is 2.07 bits per heavy atom. The Bertz CT molecular complexity index is 961. The number of hydrogen-bond donors (Lipinski definition) is 1. The number of carbonyl (C=O) groups excluding carboxylic acids is 1. The molecular weight excluding hydrogens is 366 g/mol. The maximum Gasteiger partial charge on any atom is 0.230 e. The van der Waals surface area contributed by atoms with Gasteiger partial charge in [0.2, 0.25) is 16.7 Å². The molecular formula is C18H21N5O3S. The van der Waals surface area contributed by atoms with E-state index in [-0.39, 0.29) is 17.8 Å². The maximum atomic E-state index is 11.7. The lowest BCUT2D eigenvalue weighted by atomic mass is 10.0. The molecule has 0 aliphatic carbocycles. The van der Waals surface area contributed by atoms with Gasteiger partial charge in [-0.05, 0) is 17.7 Å². The van der Waals surface area contributed by atoms with E-state index in [0.29, 0.717) is 31.1 Å². The van der Waals surface area contributed by atoms with Crippen LogP contribution < -0.4 is 4.74 Å². The van der Waals surface area contributed by atoms with Crippen LogP contribution in [-0.4, -0.2) is 68.7 Å². The lowest BCUT2D eigenvalue weighted by molar-refractivity contribution is -0.130. The van der Waals surface area contributed by atoms with Crippen molar-refractivity contribution in [2.24, 2.45) is 0 Å². The summed E-state index contributed by atoms with van der Waals surface area (Å²) in [4.78, 5) is 21.4. The van der Waals surface area contributed by atoms with Crippen LogP contribution >= 0.6 is 11.3 Å². The SMILES string of the molecule is COc1cccc(C(c2sc3ncnn3c2O)N2CCN(C(C)=O)CC2)c1. The van der Waals surface area contributed by atoms with E-state index in [9.17, 15) is 9.90 Å². The lowest BCUT2D eigenvalue weighted by Gasteiger charge is -2.38. The standard InChI is InChI=1S/C18H21N5O3S/c1-12(24)21-6-8-22(9-7-21)15(13-4-3-5-14(10-13)26-2)16-17(25)23-18(27-16)19-11-20-23/h3-5,10-11,15,25H,6-9H2,1-2H3. The van der Waals surface area contributed by atoms with Crippen molar-refractivity contribution >= 4 is 22.2 Å². The number of rotatable bonds is 4. The smallest absolute Gasteiger partial charge is 0.230 e. The fourth-order valence-corrected chi connectivity index (χ4v) is 4.60. The van der Waals surface area contributed by atoms with Gasteiger partial charge in [0.25, 0.3) is 0 Å². The normalized spacial score (nSPS) is 16.6. The van der Waals surface area contributed by atoms with Gasteiger partial charge in [0.1, 0.15) is 12.1 Å². The van der Waals surface area contributed by atoms with Gasteiger partial charge >= 0.3 is 0 Å². The number of nitrogens with zero attached hydrogens (tertiary/aromatic N) is 5. The number of thiazole rings is 1. The fraction of sp³-hybridized carbons (Fsp3) is 0.389. The Hall–Kier alpha value is -2.65. The molecule has 27 heavy (non-hydrogen) atoms. The van der Waals surface area contributed by atoms with Gasteiger partial charge in [0.15, 0.2) is 0 Å². The Balaban J connectivity index is 1.74. The number of aromatic nitrogens is 3. The van der Waals surface area contributed by atoms with Crippen LogP contribution in [0.1, 0.15) is 23.4 Å². The predicted molar refractivity (Wildman–Crippen MR) is 101 cm³/mol. The van der Waals surface area contributed by atoms with Gasteiger partial charge in [-0.15, -0.1) is 0 Å². The number of fused-ring (bicyclic) bond motifs is 1. The first-order chi connectivity index (χ1) is 13.1. The van der Waals surface area contributed by atoms with Gasteiger partial charge in [-0.2, -0.15) is 9.61 Å². The van der Waals surface area contributed by atoms with E-state index < -0.39 is 0 Å². The summed E-state index contributed by atoms with van der Waals surface area (Å²) in [5, 5.41) is 14.9. The van der Waals surface area contributed by atoms with Crippen molar-refractivity contribution in [3.63, 3.8) is 0 Å². The van der Waals surface area contributed by atoms with E-state index in [0.717, 1.165) is 16.2 Å². The second-order valence-corrected chi connectivity index (χ2v) is 7.47. The van der Waals surface area contributed by atoms with Crippen molar-refractivity contribution in [3.05, 3.63) is 41.0 Å². The topological polar surface area (TPSA) is 83.2 Å². The molecule has 1 aliphatic heterocycles. The summed E-state index contributed by atoms with van der Waals surface area (Å²) >= 11 is 1.42. The van der Waals surface area contributed by atoms with E-state index in [1.54, 1.807) is 14.0 Å². The summed E-state index contributed by atoms with van der Waals surface area (Å²) in [7, 11) is 1.64. The number of ether oxygens (including phenoxy) is 1. The monoisotopic (exact) mass is 387 g/mol. The van der Waals surface area contributed by atoms with Crippen LogP contribution in [-0.2, 0) is 4.79 Å². The molecule has 0 spiro atoms. The Kier molecular flexibility index (Phi) is 4.71. The van der Waals surface area contributed by atoms with E-state index >= 15 is 0 Å². The molecule has 0 radical (unpaired) electrons. The third-order valence-corrected chi connectivity index (χ3v) is 6.01. The largest absolute Gasteiger partial charge is 0.497 e. The second-order valence-electron chi connectivity index (χ2n) is 6.47. The summed E-state index contributed by atoms with van der Waals surface area (Å²) in [5.74, 6) is 0.961. The summed E-state index contributed by atoms with van der Waals surface area (Å²) in [6.45, 7) is 4.36. The summed E-state index contributed by atoms with van der Waals surface area (Å²) < 4.78 is 6.85. The van der Waals surface area contributed by atoms with Gasteiger partial charge in [0, 0.05) is 33.1 Å². The molecule has 3 heterocycles. The molecule has 1 aromatic carbocycles. The van der Waals surface area contributed by atoms with Crippen molar-refractivity contribution in [3.8, 4) is 11.6 Å². The molecule has 4 rings (SSSR count). The van der Waals surface area contributed by atoms with Crippen molar-refractivity contribution in [2.45, 2.75) is 13.0 Å². The second kappa shape index (κ2) is 7.16. The zero-order valence-corrected chi connectivity index (χ0v) is 16.0. The van der Waals surface area contributed by atoms with E-state index in [4.69, 9.17) is 4.74 Å². The van der Waals surface area contributed by atoms with Gasteiger partial charge in [-0.25, -0.2) is 4.98 Å². The zero-order valence-electron chi connectivity index (χ0n) is 15.2. The van der Waals surface area contributed by atoms with E-state index in [2.05, 4.69) is 15.0 Å². The maximum absolute atomic E-state index is 11.7. The van der Waals surface area contributed by atoms with Crippen LogP contribution in [0, 0.1) is 0 Å². The molecule has 1 unspecified atom stereocenters. The third-order valence-electron chi connectivity index (χ3n) is 4.92. The van der Waals surface area contributed by atoms with Crippen molar-refractivity contribution in [2.75, 3.05) is 33.3 Å². The summed E-state index contributed by atoms with van der Waals surface area (Å²) in [5.41, 5.74) is 1.02. The highest BCUT2D eigenvalue weighted by molar-refractivity contribution is 7.17. The summed E-state index contributed by atoms with van der Waals surface area (Å²) in [6, 6.07) is 7.69. The first-order valence-corrected chi connectivity index (χ1v) is 9.55. The van der Waals surface area contributed by atoms with Crippen LogP contribution in [0.15, 0.2) is 30.6 Å². The minimum atomic E-state index is -0.164. The first-order valence-electron chi connectivity index (χ1n) is 8.73. The number of hydrogen-bond acceptors (Lipinski definition) is 7. The number of aromatic hydroxyl groups is 1. The number of amides is 1. The fourth-order valence-electron chi connectivity index (χ4n) is 3.51. The van der Waals surface area contributed by atoms with Crippen LogP contribution in [0.3, 0.4) is 0 Å². The Morgan fingerprint density at radius 1 is 1.30 bits per heavy atom. The molecule has 1 N–H and O–H groups in total. The van der Waals surface area contributed by atoms with Crippen LogP contribution in [0.2, 0.25) is 0 Å². The van der Waals surface area contributed by atoms with Gasteiger partial charge in [-0.1, -0.05) is 23.5 Å². The molecule has 1 aliphatic rings. The van der Waals surface area contributed by atoms with Crippen LogP contribution in [0.25, 0.3) is 4.96 Å². The Morgan fingerprint density at radius 3 is 2.74 bits per heavy atom. The molecule has 1 fully saturated rings. The molecule has 1 saturated heterocycles. The van der Waals surface area contributed by atoms with Gasteiger partial charge in [-0.3, -0.25) is 9.69 Å². The molecule has 2 aromatic heterocycles. The molecule has 142 valence electrons. The number of benzene rings is 1. The highest BCUT2D eigenvalue weighted by Crippen LogP contribution is 2.40. The number of piperazine rings is 1. The average Bonchev–Trinajstić information content (AvgIpc) is 3.26. The summed E-state index contributed by atoms with van der Waals surface area (Å²) in [6.07, 6.45) is 1.43. The molecule has 3 aromatic rings. The first kappa shape index (κ1) is 17.7. The molecule has 1 atom stereocenters. The minimum absolute atomic E-state index is 0.0919. The van der Waals surface area contributed by atoms with Crippen LogP contribution in [0.5, 0.6) is 11.6 Å². The molecule has 9 heteroatoms. The lowest BCUT2D eigenvalue weighted by Crippen LogP contribution is -2.49. The van der Waals surface area contributed by atoms with Crippen LogP contribution in [0.4, 0.5) is 0 Å². The van der Waals surface area contributed by atoms with E-state index in [1.165, 1.54) is 22.2 Å². The zero-order chi connectivity index (χ0) is 19.0. The van der Waals surface area contributed by atoms with Gasteiger partial charge in [0.05, 0.1) is 18.0 Å². The Labute approximate surface area is 160 Å². The molecule has 0 saturated carbocycles. The average molecular weight is 387 g/mol. The predicted octanol–water partition coefficient (Wildman–Crippen LogP) is 1.76. The van der Waals surface area contributed by atoms with Crippen molar-refractivity contribution < 1.29 is 14.6 Å². The van der Waals surface area contributed by atoms with E-state index in [1.807, 2.05) is 29.2 Å². The number of carbonyl (C=O) groups is 1. The molecule has 8 nitrogen and oxygen atoms in total. The molecule has 1 amide bonds. The number of methoxy groups -OCH3 is 1. The van der Waals surface area contributed by atoms with Gasteiger partial charge < -0.3 is 14.7 Å². The van der Waals surface area contributed by atoms with Crippen molar-refractivity contribution in [1.29, 1.82) is 0 Å². The highest BCUT2D eigenvalue weighted by Gasteiger charge is 2.32. The third kappa shape index (κ3) is 3.24. The quantitative estimate of drug-likeness (QED) is 0.735. The van der Waals surface area contributed by atoms with Crippen molar-refractivity contribution in [1.82, 2.24) is 24.4 Å². The molecule has 0 bridgehead atoms. The minimum Gasteiger partial charge on any atom is -0.497 e. The highest BCUT2D eigenvalue weighted by atomic mass is 32.1.